The summed E-state index contributed by atoms with van der Waals surface area (Å²) in [4.78, 5) is 25.5. The van der Waals surface area contributed by atoms with Crippen LogP contribution in [0.1, 0.15) is 21.9 Å². The van der Waals surface area contributed by atoms with Crippen LogP contribution in [-0.2, 0) is 4.79 Å². The number of ether oxygens (including phenoxy) is 1. The minimum Gasteiger partial charge on any atom is -0.462 e. The Bertz CT molecular complexity index is 1150. The number of rotatable bonds is 6. The van der Waals surface area contributed by atoms with Gasteiger partial charge in [0.05, 0.1) is 5.56 Å². The monoisotopic (exact) mass is 508 g/mol. The van der Waals surface area contributed by atoms with Crippen molar-refractivity contribution >= 4 is 39.5 Å². The maximum atomic E-state index is 12.8. The van der Waals surface area contributed by atoms with Crippen molar-refractivity contribution < 1.29 is 31.9 Å². The van der Waals surface area contributed by atoms with E-state index in [2.05, 4.69) is 31.3 Å². The molecule has 0 unspecified atom stereocenters. The minimum atomic E-state index is -4.82. The second-order valence-electron chi connectivity index (χ2n) is 6.47. The highest BCUT2D eigenvalue weighted by atomic mass is 79.9. The van der Waals surface area contributed by atoms with Crippen molar-refractivity contribution in [2.45, 2.75) is 13.3 Å². The zero-order valence-corrected chi connectivity index (χ0v) is 18.1. The third kappa shape index (κ3) is 6.48. The highest BCUT2D eigenvalue weighted by Gasteiger charge is 2.31. The Kier molecular flexibility index (Phi) is 7.04. The molecule has 0 spiro atoms. The standard InChI is InChI=1S/C22H16BrF3N2O4/c1-13-6-9-16(31-13)12-19(28-20(29)17-4-2-3-5-18(17)23)21(30)27-14-7-10-15(11-8-14)32-22(24,25)26/h2-12H,1H3,(H,27,30)(H,28,29)/b19-12+. The molecule has 2 amide bonds. The van der Waals surface area contributed by atoms with Crippen molar-refractivity contribution in [3.8, 4) is 5.75 Å². The maximum Gasteiger partial charge on any atom is 0.573 e. The lowest BCUT2D eigenvalue weighted by Crippen LogP contribution is -2.31. The lowest BCUT2D eigenvalue weighted by molar-refractivity contribution is -0.274. The largest absolute Gasteiger partial charge is 0.573 e. The highest BCUT2D eigenvalue weighted by Crippen LogP contribution is 2.24. The second kappa shape index (κ2) is 9.73. The number of hydrogen-bond donors (Lipinski definition) is 2. The number of aryl methyl sites for hydroxylation is 1. The molecule has 1 heterocycles. The molecule has 2 aromatic carbocycles. The molecule has 2 N–H and O–H groups in total. The van der Waals surface area contributed by atoms with Crippen LogP contribution in [0.15, 0.2) is 75.3 Å². The smallest absolute Gasteiger partial charge is 0.462 e. The predicted molar refractivity (Wildman–Crippen MR) is 115 cm³/mol. The second-order valence-corrected chi connectivity index (χ2v) is 7.32. The zero-order valence-electron chi connectivity index (χ0n) is 16.5. The van der Waals surface area contributed by atoms with Gasteiger partial charge < -0.3 is 19.8 Å². The van der Waals surface area contributed by atoms with Gasteiger partial charge in [-0.25, -0.2) is 0 Å². The number of benzene rings is 2. The van der Waals surface area contributed by atoms with Gasteiger partial charge in [0.2, 0.25) is 0 Å². The summed E-state index contributed by atoms with van der Waals surface area (Å²) >= 11 is 3.28. The highest BCUT2D eigenvalue weighted by molar-refractivity contribution is 9.10. The van der Waals surface area contributed by atoms with Crippen LogP contribution in [0.3, 0.4) is 0 Å². The summed E-state index contributed by atoms with van der Waals surface area (Å²) in [5.41, 5.74) is 0.368. The van der Waals surface area contributed by atoms with Crippen molar-refractivity contribution in [3.63, 3.8) is 0 Å². The van der Waals surface area contributed by atoms with Crippen LogP contribution in [-0.4, -0.2) is 18.2 Å². The third-order valence-electron chi connectivity index (χ3n) is 4.00. The molecule has 0 aliphatic carbocycles. The number of alkyl halides is 3. The summed E-state index contributed by atoms with van der Waals surface area (Å²) in [6.45, 7) is 1.72. The van der Waals surface area contributed by atoms with Gasteiger partial charge in [0.25, 0.3) is 11.8 Å². The van der Waals surface area contributed by atoms with Crippen molar-refractivity contribution in [2.75, 3.05) is 5.32 Å². The summed E-state index contributed by atoms with van der Waals surface area (Å²) in [6.07, 6.45) is -3.48. The lowest BCUT2D eigenvalue weighted by Gasteiger charge is -2.12. The molecule has 6 nitrogen and oxygen atoms in total. The quantitative estimate of drug-likeness (QED) is 0.421. The fraction of sp³-hybridized carbons (Fsp3) is 0.0909. The summed E-state index contributed by atoms with van der Waals surface area (Å²) in [5, 5.41) is 5.06. The lowest BCUT2D eigenvalue weighted by atomic mass is 10.2. The van der Waals surface area contributed by atoms with E-state index in [0.29, 0.717) is 21.6 Å². The van der Waals surface area contributed by atoms with Gasteiger partial charge in [-0.1, -0.05) is 12.1 Å². The van der Waals surface area contributed by atoms with Crippen LogP contribution in [0, 0.1) is 6.92 Å². The average molecular weight is 509 g/mol. The molecule has 0 atom stereocenters. The zero-order chi connectivity index (χ0) is 23.3. The minimum absolute atomic E-state index is 0.129. The molecule has 0 fully saturated rings. The van der Waals surface area contributed by atoms with Gasteiger partial charge in [0.15, 0.2) is 0 Å². The molecule has 166 valence electrons. The summed E-state index contributed by atoms with van der Waals surface area (Å²) in [6, 6.07) is 14.6. The number of carbonyl (C=O) groups is 2. The molecular formula is C22H16BrF3N2O4. The maximum absolute atomic E-state index is 12.8. The van der Waals surface area contributed by atoms with Crippen molar-refractivity contribution in [1.29, 1.82) is 0 Å². The molecule has 0 aliphatic rings. The first kappa shape index (κ1) is 23.1. The SMILES string of the molecule is Cc1ccc(/C=C(/NC(=O)c2ccccc2Br)C(=O)Nc2ccc(OC(F)(F)F)cc2)o1. The molecule has 0 bridgehead atoms. The van der Waals surface area contributed by atoms with Crippen LogP contribution in [0.4, 0.5) is 18.9 Å². The number of halogens is 4. The Morgan fingerprint density at radius 2 is 1.72 bits per heavy atom. The van der Waals surface area contributed by atoms with E-state index in [0.717, 1.165) is 12.1 Å². The van der Waals surface area contributed by atoms with E-state index in [-0.39, 0.29) is 11.4 Å². The molecular weight excluding hydrogens is 493 g/mol. The van der Waals surface area contributed by atoms with Gasteiger partial charge in [0, 0.05) is 16.2 Å². The molecule has 32 heavy (non-hydrogen) atoms. The fourth-order valence-electron chi connectivity index (χ4n) is 2.61. The summed E-state index contributed by atoms with van der Waals surface area (Å²) < 4.78 is 46.7. The summed E-state index contributed by atoms with van der Waals surface area (Å²) in [7, 11) is 0. The number of nitrogens with one attached hydrogen (secondary N) is 2. The number of amides is 2. The molecule has 10 heteroatoms. The Labute approximate surface area is 189 Å². The van der Waals surface area contributed by atoms with Gasteiger partial charge in [0.1, 0.15) is 23.0 Å². The van der Waals surface area contributed by atoms with Gasteiger partial charge in [-0.05, 0) is 71.4 Å². The van der Waals surface area contributed by atoms with E-state index in [1.54, 1.807) is 43.3 Å². The van der Waals surface area contributed by atoms with Crippen molar-refractivity contribution in [1.82, 2.24) is 5.32 Å². The van der Waals surface area contributed by atoms with Crippen LogP contribution < -0.4 is 15.4 Å². The first-order valence-corrected chi connectivity index (χ1v) is 9.91. The van der Waals surface area contributed by atoms with Crippen LogP contribution in [0.25, 0.3) is 6.08 Å². The van der Waals surface area contributed by atoms with Crippen LogP contribution >= 0.6 is 15.9 Å². The number of carbonyl (C=O) groups excluding carboxylic acids is 2. The van der Waals surface area contributed by atoms with E-state index < -0.39 is 23.9 Å². The van der Waals surface area contributed by atoms with E-state index in [9.17, 15) is 22.8 Å². The first-order chi connectivity index (χ1) is 15.1. The molecule has 0 aliphatic heterocycles. The van der Waals surface area contributed by atoms with Crippen LogP contribution in [0.2, 0.25) is 0 Å². The molecule has 3 rings (SSSR count). The Morgan fingerprint density at radius 1 is 1.03 bits per heavy atom. The van der Waals surface area contributed by atoms with E-state index in [1.165, 1.54) is 18.2 Å². The number of furan rings is 1. The fourth-order valence-corrected chi connectivity index (χ4v) is 3.07. The Morgan fingerprint density at radius 3 is 2.31 bits per heavy atom. The van der Waals surface area contributed by atoms with Crippen molar-refractivity contribution in [3.05, 3.63) is 87.9 Å². The Balaban J connectivity index is 1.81. The van der Waals surface area contributed by atoms with Gasteiger partial charge >= 0.3 is 6.36 Å². The first-order valence-electron chi connectivity index (χ1n) is 9.12. The number of hydrogen-bond acceptors (Lipinski definition) is 4. The predicted octanol–water partition coefficient (Wildman–Crippen LogP) is 5.66. The van der Waals surface area contributed by atoms with Gasteiger partial charge in [-0.15, -0.1) is 13.2 Å². The Hall–Kier alpha value is -3.53. The molecule has 1 aromatic heterocycles. The van der Waals surface area contributed by atoms with Crippen molar-refractivity contribution in [2.24, 2.45) is 0 Å². The number of anilines is 1. The van der Waals surface area contributed by atoms with E-state index in [4.69, 9.17) is 4.42 Å². The molecule has 0 radical (unpaired) electrons. The van der Waals surface area contributed by atoms with E-state index in [1.807, 2.05) is 0 Å². The van der Waals surface area contributed by atoms with Gasteiger partial charge in [-0.3, -0.25) is 9.59 Å². The van der Waals surface area contributed by atoms with Crippen LogP contribution in [0.5, 0.6) is 5.75 Å². The normalized spacial score (nSPS) is 11.7. The van der Waals surface area contributed by atoms with E-state index >= 15 is 0 Å². The summed E-state index contributed by atoms with van der Waals surface area (Å²) in [5.74, 6) is -0.748. The topological polar surface area (TPSA) is 80.6 Å². The van der Waals surface area contributed by atoms with Gasteiger partial charge in [-0.2, -0.15) is 0 Å². The molecule has 0 saturated carbocycles. The average Bonchev–Trinajstić information content (AvgIpc) is 3.13. The molecule has 3 aromatic rings. The third-order valence-corrected chi connectivity index (χ3v) is 4.70. The molecule has 0 saturated heterocycles.